The Bertz CT molecular complexity index is 727. The number of aryl methyl sites for hydroxylation is 1. The molecule has 0 aliphatic carbocycles. The fourth-order valence-electron chi connectivity index (χ4n) is 2.41. The van der Waals surface area contributed by atoms with Crippen molar-refractivity contribution in [1.29, 1.82) is 0 Å². The third-order valence-corrected chi connectivity index (χ3v) is 4.79. The second-order valence-corrected chi connectivity index (χ2v) is 7.86. The number of nitrogens with one attached hydrogen (secondary N) is 1. The molecule has 0 unspecified atom stereocenters. The molecular weight excluding hydrogens is 322 g/mol. The van der Waals surface area contributed by atoms with Crippen LogP contribution in [0.4, 0.5) is 0 Å². The summed E-state index contributed by atoms with van der Waals surface area (Å²) in [6.07, 6.45) is 1.70. The van der Waals surface area contributed by atoms with Crippen molar-refractivity contribution in [2.24, 2.45) is 0 Å². The quantitative estimate of drug-likeness (QED) is 0.706. The van der Waals surface area contributed by atoms with E-state index in [9.17, 15) is 8.42 Å². The van der Waals surface area contributed by atoms with E-state index >= 15 is 0 Å². The first kappa shape index (κ1) is 18.5. The van der Waals surface area contributed by atoms with Crippen LogP contribution in [0.5, 0.6) is 5.75 Å². The summed E-state index contributed by atoms with van der Waals surface area (Å²) in [4.78, 5) is 0. The second-order valence-electron chi connectivity index (χ2n) is 6.06. The van der Waals surface area contributed by atoms with Crippen LogP contribution < -0.4 is 9.46 Å². The van der Waals surface area contributed by atoms with E-state index in [4.69, 9.17) is 4.74 Å². The van der Waals surface area contributed by atoms with E-state index in [0.717, 1.165) is 29.7 Å². The molecule has 0 saturated carbocycles. The van der Waals surface area contributed by atoms with E-state index in [1.54, 1.807) is 0 Å². The lowest BCUT2D eigenvalue weighted by molar-refractivity contribution is 0.242. The molecule has 2 aromatic carbocycles. The highest BCUT2D eigenvalue weighted by Gasteiger charge is 2.10. The normalized spacial score (nSPS) is 11.6. The van der Waals surface area contributed by atoms with Gasteiger partial charge in [0.2, 0.25) is 10.0 Å². The summed E-state index contributed by atoms with van der Waals surface area (Å²) >= 11 is 0. The largest absolute Gasteiger partial charge is 0.491 e. The molecule has 5 heteroatoms. The number of ether oxygens (including phenoxy) is 1. The van der Waals surface area contributed by atoms with Gasteiger partial charge in [0.25, 0.3) is 0 Å². The van der Waals surface area contributed by atoms with Crippen molar-refractivity contribution in [1.82, 2.24) is 4.72 Å². The van der Waals surface area contributed by atoms with Crippen LogP contribution in [0.25, 0.3) is 0 Å². The zero-order valence-corrected chi connectivity index (χ0v) is 15.1. The number of hydrogen-bond acceptors (Lipinski definition) is 3. The van der Waals surface area contributed by atoms with Crippen molar-refractivity contribution in [3.63, 3.8) is 0 Å². The molecule has 0 aliphatic rings. The Hall–Kier alpha value is -1.85. The average Bonchev–Trinajstić information content (AvgIpc) is 2.52. The molecule has 130 valence electrons. The Morgan fingerprint density at radius 1 is 1.00 bits per heavy atom. The Labute approximate surface area is 144 Å². The predicted molar refractivity (Wildman–Crippen MR) is 97.6 cm³/mol. The van der Waals surface area contributed by atoms with Crippen LogP contribution in [0.15, 0.2) is 54.6 Å². The predicted octanol–water partition coefficient (Wildman–Crippen LogP) is 3.53. The third-order valence-electron chi connectivity index (χ3n) is 3.43. The highest BCUT2D eigenvalue weighted by Crippen LogP contribution is 2.16. The van der Waals surface area contributed by atoms with Gasteiger partial charge in [-0.2, -0.15) is 0 Å². The molecule has 0 spiro atoms. The van der Waals surface area contributed by atoms with Gasteiger partial charge in [-0.3, -0.25) is 0 Å². The molecule has 24 heavy (non-hydrogen) atoms. The van der Waals surface area contributed by atoms with Crippen molar-refractivity contribution >= 4 is 10.0 Å². The maximum absolute atomic E-state index is 12.1. The molecule has 0 aliphatic heterocycles. The van der Waals surface area contributed by atoms with Crippen molar-refractivity contribution < 1.29 is 13.2 Å². The third kappa shape index (κ3) is 6.72. The van der Waals surface area contributed by atoms with E-state index < -0.39 is 10.0 Å². The average molecular weight is 347 g/mol. The van der Waals surface area contributed by atoms with Crippen LogP contribution >= 0.6 is 0 Å². The van der Waals surface area contributed by atoms with E-state index in [0.29, 0.717) is 6.54 Å². The van der Waals surface area contributed by atoms with Gasteiger partial charge in [0.1, 0.15) is 5.75 Å². The van der Waals surface area contributed by atoms with Crippen LogP contribution in [-0.2, 0) is 22.2 Å². The van der Waals surface area contributed by atoms with Gasteiger partial charge < -0.3 is 4.74 Å². The highest BCUT2D eigenvalue weighted by atomic mass is 32.2. The van der Waals surface area contributed by atoms with Crippen LogP contribution in [0.1, 0.15) is 31.4 Å². The Balaban J connectivity index is 1.78. The van der Waals surface area contributed by atoms with Gasteiger partial charge >= 0.3 is 0 Å². The van der Waals surface area contributed by atoms with Gasteiger partial charge in [0.15, 0.2) is 0 Å². The van der Waals surface area contributed by atoms with Crippen molar-refractivity contribution in [2.45, 2.75) is 38.5 Å². The minimum absolute atomic E-state index is 0.0194. The van der Waals surface area contributed by atoms with Crippen LogP contribution in [0, 0.1) is 0 Å². The topological polar surface area (TPSA) is 55.4 Å². The number of benzene rings is 2. The lowest BCUT2D eigenvalue weighted by atomic mass is 10.1. The minimum Gasteiger partial charge on any atom is -0.491 e. The molecule has 0 heterocycles. The molecule has 4 nitrogen and oxygen atoms in total. The molecule has 2 aromatic rings. The first-order valence-electron chi connectivity index (χ1n) is 8.21. The number of hydrogen-bond donors (Lipinski definition) is 1. The standard InChI is InChI=1S/C19H25NO3S/c1-16(2)23-19-12-6-10-17(14-19)11-7-13-20-24(21,22)15-18-8-4-3-5-9-18/h3-6,8-10,12,14,16,20H,7,11,13,15H2,1-2H3. The van der Waals surface area contributed by atoms with E-state index in [2.05, 4.69) is 4.72 Å². The lowest BCUT2D eigenvalue weighted by Crippen LogP contribution is -2.26. The van der Waals surface area contributed by atoms with Crippen molar-refractivity contribution in [2.75, 3.05) is 6.54 Å². The van der Waals surface area contributed by atoms with Crippen molar-refractivity contribution in [3.8, 4) is 5.75 Å². The molecule has 2 rings (SSSR count). The Morgan fingerprint density at radius 2 is 1.71 bits per heavy atom. The molecule has 0 atom stereocenters. The summed E-state index contributed by atoms with van der Waals surface area (Å²) in [6.45, 7) is 4.42. The van der Waals surface area contributed by atoms with Gasteiger partial charge in [-0.15, -0.1) is 0 Å². The fraction of sp³-hybridized carbons (Fsp3) is 0.368. The van der Waals surface area contributed by atoms with E-state index in [-0.39, 0.29) is 11.9 Å². The van der Waals surface area contributed by atoms with Crippen molar-refractivity contribution in [3.05, 3.63) is 65.7 Å². The van der Waals surface area contributed by atoms with Gasteiger partial charge in [0.05, 0.1) is 11.9 Å². The summed E-state index contributed by atoms with van der Waals surface area (Å²) in [5.74, 6) is 0.873. The summed E-state index contributed by atoms with van der Waals surface area (Å²) in [6, 6.07) is 17.1. The zero-order chi connectivity index (χ0) is 17.4. The van der Waals surface area contributed by atoms with Gasteiger partial charge in [-0.25, -0.2) is 13.1 Å². The molecular formula is C19H25NO3S. The fourth-order valence-corrected chi connectivity index (χ4v) is 3.60. The number of sulfonamides is 1. The first-order chi connectivity index (χ1) is 11.4. The first-order valence-corrected chi connectivity index (χ1v) is 9.87. The maximum Gasteiger partial charge on any atom is 0.215 e. The van der Waals surface area contributed by atoms with Crippen LogP contribution in [-0.4, -0.2) is 21.1 Å². The molecule has 0 bridgehead atoms. The molecule has 0 radical (unpaired) electrons. The van der Waals surface area contributed by atoms with Gasteiger partial charge in [-0.1, -0.05) is 42.5 Å². The molecule has 0 amide bonds. The second kappa shape index (κ2) is 8.85. The minimum atomic E-state index is -3.29. The highest BCUT2D eigenvalue weighted by molar-refractivity contribution is 7.88. The van der Waals surface area contributed by atoms with Gasteiger partial charge in [0, 0.05) is 6.54 Å². The molecule has 1 N–H and O–H groups in total. The van der Waals surface area contributed by atoms with Gasteiger partial charge in [-0.05, 0) is 49.9 Å². The zero-order valence-electron chi connectivity index (χ0n) is 14.2. The lowest BCUT2D eigenvalue weighted by Gasteiger charge is -2.11. The Morgan fingerprint density at radius 3 is 2.42 bits per heavy atom. The van der Waals surface area contributed by atoms with Crippen LogP contribution in [0.3, 0.4) is 0 Å². The SMILES string of the molecule is CC(C)Oc1cccc(CCCNS(=O)(=O)Cc2ccccc2)c1. The molecule has 0 saturated heterocycles. The smallest absolute Gasteiger partial charge is 0.215 e. The van der Waals surface area contributed by atoms with E-state index in [1.165, 1.54) is 0 Å². The van der Waals surface area contributed by atoms with E-state index in [1.807, 2.05) is 68.4 Å². The summed E-state index contributed by atoms with van der Waals surface area (Å²) < 4.78 is 32.4. The number of rotatable bonds is 9. The monoisotopic (exact) mass is 347 g/mol. The van der Waals surface area contributed by atoms with Crippen LogP contribution in [0.2, 0.25) is 0 Å². The summed E-state index contributed by atoms with van der Waals surface area (Å²) in [5.41, 5.74) is 1.94. The molecule has 0 aromatic heterocycles. The molecule has 0 fully saturated rings. The summed E-state index contributed by atoms with van der Waals surface area (Å²) in [7, 11) is -3.29. The summed E-state index contributed by atoms with van der Waals surface area (Å²) in [5, 5.41) is 0. The maximum atomic E-state index is 12.1. The Kier molecular flexibility index (Phi) is 6.82.